The summed E-state index contributed by atoms with van der Waals surface area (Å²) >= 11 is 0. The van der Waals surface area contributed by atoms with Crippen LogP contribution in [0.4, 0.5) is 5.69 Å². The highest BCUT2D eigenvalue weighted by Gasteiger charge is 2.18. The maximum atomic E-state index is 5.81. The van der Waals surface area contributed by atoms with E-state index in [1.54, 1.807) is 0 Å². The summed E-state index contributed by atoms with van der Waals surface area (Å²) in [5.74, 6) is 0. The molecule has 18 heavy (non-hydrogen) atoms. The SMILES string of the molecule is CC(C)(CN)c1ccc(NC2CCCCC2)cc1. The number of rotatable bonds is 4. The van der Waals surface area contributed by atoms with Crippen molar-refractivity contribution in [2.45, 2.75) is 57.4 Å². The van der Waals surface area contributed by atoms with Crippen molar-refractivity contribution in [1.29, 1.82) is 0 Å². The molecule has 3 N–H and O–H groups in total. The van der Waals surface area contributed by atoms with Crippen LogP contribution in [0.3, 0.4) is 0 Å². The van der Waals surface area contributed by atoms with Crippen molar-refractivity contribution in [2.24, 2.45) is 5.73 Å². The molecule has 0 heterocycles. The molecule has 0 amide bonds. The predicted molar refractivity (Wildman–Crippen MR) is 79.0 cm³/mol. The number of benzene rings is 1. The molecule has 100 valence electrons. The highest BCUT2D eigenvalue weighted by molar-refractivity contribution is 5.46. The lowest BCUT2D eigenvalue weighted by Crippen LogP contribution is -2.28. The lowest BCUT2D eigenvalue weighted by atomic mass is 9.85. The Bertz CT molecular complexity index is 361. The maximum Gasteiger partial charge on any atom is 0.0342 e. The zero-order valence-electron chi connectivity index (χ0n) is 11.7. The highest BCUT2D eigenvalue weighted by Crippen LogP contribution is 2.25. The van der Waals surface area contributed by atoms with Crippen molar-refractivity contribution < 1.29 is 0 Å². The third-order valence-electron chi connectivity index (χ3n) is 4.15. The quantitative estimate of drug-likeness (QED) is 0.850. The summed E-state index contributed by atoms with van der Waals surface area (Å²) in [5, 5.41) is 3.65. The Labute approximate surface area is 111 Å². The molecule has 1 aliphatic carbocycles. The third kappa shape index (κ3) is 3.26. The van der Waals surface area contributed by atoms with Crippen LogP contribution in [0, 0.1) is 0 Å². The maximum absolute atomic E-state index is 5.81. The second-order valence-electron chi connectivity index (χ2n) is 6.14. The van der Waals surface area contributed by atoms with E-state index in [0.29, 0.717) is 12.6 Å². The van der Waals surface area contributed by atoms with E-state index >= 15 is 0 Å². The molecule has 2 nitrogen and oxygen atoms in total. The largest absolute Gasteiger partial charge is 0.382 e. The Hall–Kier alpha value is -1.02. The molecule has 0 unspecified atom stereocenters. The van der Waals surface area contributed by atoms with Gasteiger partial charge in [0, 0.05) is 23.7 Å². The second-order valence-corrected chi connectivity index (χ2v) is 6.14. The lowest BCUT2D eigenvalue weighted by molar-refractivity contribution is 0.462. The fourth-order valence-corrected chi connectivity index (χ4v) is 2.62. The van der Waals surface area contributed by atoms with Crippen LogP contribution in [-0.2, 0) is 5.41 Å². The van der Waals surface area contributed by atoms with E-state index in [1.165, 1.54) is 43.4 Å². The molecule has 1 aromatic carbocycles. The molecule has 1 aromatic rings. The van der Waals surface area contributed by atoms with Gasteiger partial charge in [0.2, 0.25) is 0 Å². The van der Waals surface area contributed by atoms with Crippen LogP contribution in [0.5, 0.6) is 0 Å². The minimum atomic E-state index is 0.0728. The number of anilines is 1. The molecule has 0 saturated heterocycles. The molecule has 0 bridgehead atoms. The number of hydrogen-bond acceptors (Lipinski definition) is 2. The van der Waals surface area contributed by atoms with Crippen molar-refractivity contribution in [3.8, 4) is 0 Å². The molecule has 0 aromatic heterocycles. The first kappa shape index (κ1) is 13.4. The van der Waals surface area contributed by atoms with Gasteiger partial charge in [0.25, 0.3) is 0 Å². The summed E-state index contributed by atoms with van der Waals surface area (Å²) in [6, 6.07) is 9.48. The summed E-state index contributed by atoms with van der Waals surface area (Å²) in [6.45, 7) is 5.07. The molecule has 0 aliphatic heterocycles. The van der Waals surface area contributed by atoms with Gasteiger partial charge in [-0.1, -0.05) is 45.2 Å². The fourth-order valence-electron chi connectivity index (χ4n) is 2.62. The fraction of sp³-hybridized carbons (Fsp3) is 0.625. The average Bonchev–Trinajstić information content (AvgIpc) is 2.40. The van der Waals surface area contributed by atoms with Gasteiger partial charge in [0.15, 0.2) is 0 Å². The molecule has 0 radical (unpaired) electrons. The molecule has 1 aliphatic rings. The minimum Gasteiger partial charge on any atom is -0.382 e. The summed E-state index contributed by atoms with van der Waals surface area (Å²) in [5.41, 5.74) is 8.45. The first-order valence-corrected chi connectivity index (χ1v) is 7.19. The zero-order chi connectivity index (χ0) is 13.0. The molecule has 2 heteroatoms. The van der Waals surface area contributed by atoms with Gasteiger partial charge in [-0.15, -0.1) is 0 Å². The number of hydrogen-bond donors (Lipinski definition) is 2. The summed E-state index contributed by atoms with van der Waals surface area (Å²) < 4.78 is 0. The summed E-state index contributed by atoms with van der Waals surface area (Å²) in [6.07, 6.45) is 6.78. The van der Waals surface area contributed by atoms with Crippen LogP contribution in [0.1, 0.15) is 51.5 Å². The number of nitrogens with two attached hydrogens (primary N) is 1. The predicted octanol–water partition coefficient (Wildman–Crippen LogP) is 3.67. The Morgan fingerprint density at radius 2 is 1.72 bits per heavy atom. The molecule has 1 saturated carbocycles. The highest BCUT2D eigenvalue weighted by atomic mass is 14.9. The topological polar surface area (TPSA) is 38.0 Å². The van der Waals surface area contributed by atoms with Crippen molar-refractivity contribution in [3.05, 3.63) is 29.8 Å². The lowest BCUT2D eigenvalue weighted by Gasteiger charge is -2.26. The molecule has 0 atom stereocenters. The molecular weight excluding hydrogens is 220 g/mol. The molecule has 1 fully saturated rings. The van der Waals surface area contributed by atoms with Crippen LogP contribution < -0.4 is 11.1 Å². The van der Waals surface area contributed by atoms with E-state index in [4.69, 9.17) is 5.73 Å². The number of nitrogens with one attached hydrogen (secondary N) is 1. The van der Waals surface area contributed by atoms with Gasteiger partial charge in [-0.3, -0.25) is 0 Å². The van der Waals surface area contributed by atoms with Gasteiger partial charge >= 0.3 is 0 Å². The first-order chi connectivity index (χ1) is 8.62. The average molecular weight is 246 g/mol. The Balaban J connectivity index is 1.99. The van der Waals surface area contributed by atoms with Crippen LogP contribution in [0.15, 0.2) is 24.3 Å². The molecular formula is C16H26N2. The standard InChI is InChI=1S/C16H26N2/c1-16(2,12-17)13-8-10-15(11-9-13)18-14-6-4-3-5-7-14/h8-11,14,18H,3-7,12,17H2,1-2H3. The van der Waals surface area contributed by atoms with Gasteiger partial charge in [0.05, 0.1) is 0 Å². The molecule has 0 spiro atoms. The van der Waals surface area contributed by atoms with Crippen LogP contribution in [0.25, 0.3) is 0 Å². The van der Waals surface area contributed by atoms with Crippen LogP contribution >= 0.6 is 0 Å². The van der Waals surface area contributed by atoms with Crippen molar-refractivity contribution in [1.82, 2.24) is 0 Å². The van der Waals surface area contributed by atoms with E-state index in [-0.39, 0.29) is 5.41 Å². The van der Waals surface area contributed by atoms with Crippen LogP contribution in [0.2, 0.25) is 0 Å². The Morgan fingerprint density at radius 1 is 1.11 bits per heavy atom. The Morgan fingerprint density at radius 3 is 2.28 bits per heavy atom. The summed E-state index contributed by atoms with van der Waals surface area (Å²) in [4.78, 5) is 0. The first-order valence-electron chi connectivity index (χ1n) is 7.19. The van der Waals surface area contributed by atoms with E-state index in [2.05, 4.69) is 43.4 Å². The zero-order valence-corrected chi connectivity index (χ0v) is 11.7. The van der Waals surface area contributed by atoms with Gasteiger partial charge in [-0.2, -0.15) is 0 Å². The van der Waals surface area contributed by atoms with Gasteiger partial charge < -0.3 is 11.1 Å². The Kier molecular flexibility index (Phi) is 4.28. The summed E-state index contributed by atoms with van der Waals surface area (Å²) in [7, 11) is 0. The smallest absolute Gasteiger partial charge is 0.0342 e. The van der Waals surface area contributed by atoms with E-state index < -0.39 is 0 Å². The third-order valence-corrected chi connectivity index (χ3v) is 4.15. The van der Waals surface area contributed by atoms with E-state index in [1.807, 2.05) is 0 Å². The van der Waals surface area contributed by atoms with Crippen molar-refractivity contribution >= 4 is 5.69 Å². The minimum absolute atomic E-state index is 0.0728. The van der Waals surface area contributed by atoms with Crippen molar-refractivity contribution in [2.75, 3.05) is 11.9 Å². The normalized spacial score (nSPS) is 17.7. The second kappa shape index (κ2) is 5.75. The van der Waals surface area contributed by atoms with E-state index in [9.17, 15) is 0 Å². The molecule has 2 rings (SSSR count). The van der Waals surface area contributed by atoms with E-state index in [0.717, 1.165) is 0 Å². The monoisotopic (exact) mass is 246 g/mol. The van der Waals surface area contributed by atoms with Crippen molar-refractivity contribution in [3.63, 3.8) is 0 Å². The van der Waals surface area contributed by atoms with Gasteiger partial charge in [-0.25, -0.2) is 0 Å². The van der Waals surface area contributed by atoms with Gasteiger partial charge in [0.1, 0.15) is 0 Å². The van der Waals surface area contributed by atoms with Crippen LogP contribution in [-0.4, -0.2) is 12.6 Å². The van der Waals surface area contributed by atoms with Gasteiger partial charge in [-0.05, 0) is 30.5 Å².